The van der Waals surface area contributed by atoms with Crippen molar-refractivity contribution in [1.82, 2.24) is 0 Å². The lowest BCUT2D eigenvalue weighted by atomic mass is 9.79. The molecule has 1 aliphatic rings. The van der Waals surface area contributed by atoms with E-state index in [0.717, 1.165) is 0 Å². The van der Waals surface area contributed by atoms with Crippen molar-refractivity contribution in [3.8, 4) is 0 Å². The number of hydrogen-bond donors (Lipinski definition) is 1. The van der Waals surface area contributed by atoms with Crippen LogP contribution in [0.2, 0.25) is 0 Å². The Labute approximate surface area is 69.8 Å². The first-order valence-electron chi connectivity index (χ1n) is 4.77. The smallest absolute Gasteiger partial charge is 0.0670 e. The van der Waals surface area contributed by atoms with Gasteiger partial charge in [0.2, 0.25) is 0 Å². The summed E-state index contributed by atoms with van der Waals surface area (Å²) in [5, 5.41) is 10.1. The highest BCUT2D eigenvalue weighted by Crippen LogP contribution is 2.37. The molecular formula is C10H20O. The molecule has 1 fully saturated rings. The molecule has 0 aromatic rings. The average molecular weight is 156 g/mol. The molecule has 0 aromatic heterocycles. The van der Waals surface area contributed by atoms with Crippen molar-refractivity contribution in [2.24, 2.45) is 11.8 Å². The summed E-state index contributed by atoms with van der Waals surface area (Å²) in [5.74, 6) is 0.952. The fourth-order valence-electron chi connectivity index (χ4n) is 1.98. The Morgan fingerprint density at radius 2 is 1.73 bits per heavy atom. The lowest BCUT2D eigenvalue weighted by Crippen LogP contribution is -2.38. The second-order valence-electron chi connectivity index (χ2n) is 4.36. The second kappa shape index (κ2) is 3.14. The van der Waals surface area contributed by atoms with Crippen molar-refractivity contribution in [3.63, 3.8) is 0 Å². The minimum absolute atomic E-state index is 0.394. The van der Waals surface area contributed by atoms with E-state index in [1.165, 1.54) is 25.7 Å². The molecule has 0 heterocycles. The van der Waals surface area contributed by atoms with Crippen LogP contribution in [-0.4, -0.2) is 10.7 Å². The van der Waals surface area contributed by atoms with E-state index in [1.807, 2.05) is 6.92 Å². The Balaban J connectivity index is 2.55. The van der Waals surface area contributed by atoms with Crippen molar-refractivity contribution >= 4 is 0 Å². The molecule has 0 spiro atoms. The van der Waals surface area contributed by atoms with Gasteiger partial charge in [0.05, 0.1) is 5.60 Å². The molecule has 1 aliphatic carbocycles. The van der Waals surface area contributed by atoms with Gasteiger partial charge in [-0.3, -0.25) is 0 Å². The van der Waals surface area contributed by atoms with Crippen LogP contribution in [0.3, 0.4) is 0 Å². The highest BCUT2D eigenvalue weighted by Gasteiger charge is 2.36. The van der Waals surface area contributed by atoms with Crippen molar-refractivity contribution in [1.29, 1.82) is 0 Å². The van der Waals surface area contributed by atoms with Crippen LogP contribution < -0.4 is 0 Å². The number of hydrogen-bond acceptors (Lipinski definition) is 1. The van der Waals surface area contributed by atoms with E-state index in [-0.39, 0.29) is 0 Å². The van der Waals surface area contributed by atoms with Crippen LogP contribution in [0, 0.1) is 11.8 Å². The summed E-state index contributed by atoms with van der Waals surface area (Å²) >= 11 is 0. The standard InChI is InChI=1S/C10H20O/c1-8(2)10(3,11)9-6-4-5-7-9/h8-9,11H,4-7H2,1-3H3/t10-/m1/s1. The fraction of sp³-hybridized carbons (Fsp3) is 1.00. The van der Waals surface area contributed by atoms with E-state index in [4.69, 9.17) is 0 Å². The monoisotopic (exact) mass is 156 g/mol. The molecule has 1 atom stereocenters. The molecule has 0 unspecified atom stereocenters. The van der Waals surface area contributed by atoms with E-state index in [9.17, 15) is 5.11 Å². The average Bonchev–Trinajstić information content (AvgIpc) is 2.37. The maximum Gasteiger partial charge on any atom is 0.0670 e. The topological polar surface area (TPSA) is 20.2 Å². The van der Waals surface area contributed by atoms with Gasteiger partial charge < -0.3 is 5.11 Å². The van der Waals surface area contributed by atoms with Gasteiger partial charge in [0.1, 0.15) is 0 Å². The molecule has 0 radical (unpaired) electrons. The largest absolute Gasteiger partial charge is 0.390 e. The Kier molecular flexibility index (Phi) is 2.58. The predicted octanol–water partition coefficient (Wildman–Crippen LogP) is 2.58. The molecule has 1 rings (SSSR count). The molecule has 66 valence electrons. The Morgan fingerprint density at radius 1 is 1.27 bits per heavy atom. The molecule has 0 amide bonds. The van der Waals surface area contributed by atoms with Crippen LogP contribution >= 0.6 is 0 Å². The number of aliphatic hydroxyl groups is 1. The van der Waals surface area contributed by atoms with Crippen LogP contribution in [0.4, 0.5) is 0 Å². The third-order valence-electron chi connectivity index (χ3n) is 3.35. The van der Waals surface area contributed by atoms with Crippen molar-refractivity contribution in [3.05, 3.63) is 0 Å². The van der Waals surface area contributed by atoms with Crippen molar-refractivity contribution in [2.45, 2.75) is 52.1 Å². The first-order valence-corrected chi connectivity index (χ1v) is 4.77. The van der Waals surface area contributed by atoms with Gasteiger partial charge in [-0.25, -0.2) is 0 Å². The zero-order valence-corrected chi connectivity index (χ0v) is 7.93. The van der Waals surface area contributed by atoms with E-state index in [0.29, 0.717) is 11.8 Å². The predicted molar refractivity (Wildman–Crippen MR) is 47.4 cm³/mol. The maximum absolute atomic E-state index is 10.1. The van der Waals surface area contributed by atoms with E-state index >= 15 is 0 Å². The van der Waals surface area contributed by atoms with E-state index < -0.39 is 5.60 Å². The van der Waals surface area contributed by atoms with Crippen LogP contribution in [-0.2, 0) is 0 Å². The maximum atomic E-state index is 10.1. The molecule has 1 heteroatoms. The summed E-state index contributed by atoms with van der Waals surface area (Å²) in [6.45, 7) is 6.21. The lowest BCUT2D eigenvalue weighted by molar-refractivity contribution is -0.0395. The molecule has 1 nitrogen and oxygen atoms in total. The SMILES string of the molecule is CC(C)[C@@](C)(O)C1CCCC1. The summed E-state index contributed by atoms with van der Waals surface area (Å²) < 4.78 is 0. The van der Waals surface area contributed by atoms with Crippen LogP contribution in [0.1, 0.15) is 46.5 Å². The first kappa shape index (κ1) is 9.05. The van der Waals surface area contributed by atoms with Gasteiger partial charge in [-0.05, 0) is 31.6 Å². The van der Waals surface area contributed by atoms with Crippen LogP contribution in [0.5, 0.6) is 0 Å². The zero-order chi connectivity index (χ0) is 8.48. The minimum atomic E-state index is -0.420. The van der Waals surface area contributed by atoms with Gasteiger partial charge in [0.15, 0.2) is 0 Å². The lowest BCUT2D eigenvalue weighted by Gasteiger charge is -2.33. The van der Waals surface area contributed by atoms with Crippen LogP contribution in [0.25, 0.3) is 0 Å². The number of rotatable bonds is 2. The minimum Gasteiger partial charge on any atom is -0.390 e. The Morgan fingerprint density at radius 3 is 2.09 bits per heavy atom. The summed E-state index contributed by atoms with van der Waals surface area (Å²) in [4.78, 5) is 0. The molecular weight excluding hydrogens is 136 g/mol. The van der Waals surface area contributed by atoms with E-state index in [2.05, 4.69) is 13.8 Å². The highest BCUT2D eigenvalue weighted by molar-refractivity contribution is 4.87. The highest BCUT2D eigenvalue weighted by atomic mass is 16.3. The fourth-order valence-corrected chi connectivity index (χ4v) is 1.98. The van der Waals surface area contributed by atoms with Gasteiger partial charge in [-0.1, -0.05) is 26.7 Å². The first-order chi connectivity index (χ1) is 5.05. The molecule has 0 aromatic carbocycles. The van der Waals surface area contributed by atoms with Gasteiger partial charge >= 0.3 is 0 Å². The molecule has 0 aliphatic heterocycles. The quantitative estimate of drug-likeness (QED) is 0.651. The van der Waals surface area contributed by atoms with Crippen molar-refractivity contribution < 1.29 is 5.11 Å². The zero-order valence-electron chi connectivity index (χ0n) is 7.93. The molecule has 0 saturated heterocycles. The second-order valence-corrected chi connectivity index (χ2v) is 4.36. The molecule has 11 heavy (non-hydrogen) atoms. The van der Waals surface area contributed by atoms with Gasteiger partial charge in [-0.15, -0.1) is 0 Å². The third-order valence-corrected chi connectivity index (χ3v) is 3.35. The van der Waals surface area contributed by atoms with Crippen molar-refractivity contribution in [2.75, 3.05) is 0 Å². The summed E-state index contributed by atoms with van der Waals surface area (Å²) in [6, 6.07) is 0. The molecule has 0 bridgehead atoms. The van der Waals surface area contributed by atoms with Gasteiger partial charge in [0.25, 0.3) is 0 Å². The van der Waals surface area contributed by atoms with E-state index in [1.54, 1.807) is 0 Å². The summed E-state index contributed by atoms with van der Waals surface area (Å²) in [5.41, 5.74) is -0.420. The molecule has 1 N–H and O–H groups in total. The Hall–Kier alpha value is -0.0400. The van der Waals surface area contributed by atoms with Gasteiger partial charge in [0, 0.05) is 0 Å². The summed E-state index contributed by atoms with van der Waals surface area (Å²) in [6.07, 6.45) is 5.08. The molecule has 1 saturated carbocycles. The van der Waals surface area contributed by atoms with Crippen LogP contribution in [0.15, 0.2) is 0 Å². The Bertz CT molecular complexity index is 121. The van der Waals surface area contributed by atoms with Gasteiger partial charge in [-0.2, -0.15) is 0 Å². The summed E-state index contributed by atoms with van der Waals surface area (Å²) in [7, 11) is 0. The normalized spacial score (nSPS) is 25.9. The third kappa shape index (κ3) is 1.76.